The lowest BCUT2D eigenvalue weighted by Gasteiger charge is -2.21. The van der Waals surface area contributed by atoms with Gasteiger partial charge in [0.2, 0.25) is 5.90 Å². The molecule has 14 heavy (non-hydrogen) atoms. The summed E-state index contributed by atoms with van der Waals surface area (Å²) in [5.74, 6) is 7.37. The normalized spacial score (nSPS) is 16.1. The van der Waals surface area contributed by atoms with E-state index in [9.17, 15) is 0 Å². The van der Waals surface area contributed by atoms with Crippen molar-refractivity contribution in [1.82, 2.24) is 0 Å². The second-order valence-electron chi connectivity index (χ2n) is 3.14. The summed E-state index contributed by atoms with van der Waals surface area (Å²) in [5.41, 5.74) is 0. The summed E-state index contributed by atoms with van der Waals surface area (Å²) < 4.78 is 0. The van der Waals surface area contributed by atoms with E-state index in [4.69, 9.17) is 10.7 Å². The van der Waals surface area contributed by atoms with E-state index in [0.29, 0.717) is 11.8 Å². The van der Waals surface area contributed by atoms with Crippen LogP contribution in [0, 0.1) is 11.8 Å². The van der Waals surface area contributed by atoms with Crippen molar-refractivity contribution in [3.8, 4) is 0 Å². The molecule has 0 aliphatic rings. The minimum atomic E-state index is 0.220. The van der Waals surface area contributed by atoms with E-state index in [1.165, 1.54) is 0 Å². The third-order valence-electron chi connectivity index (χ3n) is 2.16. The third-order valence-corrected chi connectivity index (χ3v) is 3.02. The summed E-state index contributed by atoms with van der Waals surface area (Å²) in [7, 11) is 0. The molecule has 5 heteroatoms. The zero-order valence-electron chi connectivity index (χ0n) is 9.06. The van der Waals surface area contributed by atoms with Crippen molar-refractivity contribution >= 4 is 24.4 Å². The van der Waals surface area contributed by atoms with Crippen LogP contribution in [0.1, 0.15) is 20.3 Å². The molecule has 0 aromatic heterocycles. The highest BCUT2D eigenvalue weighted by molar-refractivity contribution is 7.98. The number of rotatable bonds is 6. The van der Waals surface area contributed by atoms with Gasteiger partial charge in [-0.25, -0.2) is 0 Å². The van der Waals surface area contributed by atoms with Crippen LogP contribution >= 0.6 is 11.8 Å². The second-order valence-corrected chi connectivity index (χ2v) is 4.06. The Morgan fingerprint density at radius 2 is 2.29 bits per heavy atom. The van der Waals surface area contributed by atoms with Crippen LogP contribution in [-0.4, -0.2) is 24.6 Å². The highest BCUT2D eigenvalue weighted by atomic mass is 32.2. The summed E-state index contributed by atoms with van der Waals surface area (Å²) in [4.78, 5) is 4.72. The molecule has 0 aliphatic heterocycles. The van der Waals surface area contributed by atoms with Crippen molar-refractivity contribution in [3.63, 3.8) is 0 Å². The summed E-state index contributed by atoms with van der Waals surface area (Å²) >= 11 is 1.80. The van der Waals surface area contributed by atoms with E-state index < -0.39 is 0 Å². The number of hydrogen-bond acceptors (Lipinski definition) is 5. The number of hydrogen-bond donors (Lipinski definition) is 1. The first-order valence-corrected chi connectivity index (χ1v) is 5.99. The van der Waals surface area contributed by atoms with E-state index in [2.05, 4.69) is 37.0 Å². The minimum absolute atomic E-state index is 0.220. The van der Waals surface area contributed by atoms with Gasteiger partial charge in [0.15, 0.2) is 0 Å². The molecule has 0 heterocycles. The SMILES string of the molecule is C=N/N=C(\ON)C(CC)C(C)CSC. The maximum Gasteiger partial charge on any atom is 0.236 e. The van der Waals surface area contributed by atoms with Gasteiger partial charge in [-0.15, -0.1) is 5.10 Å². The Morgan fingerprint density at radius 3 is 2.64 bits per heavy atom. The monoisotopic (exact) mass is 217 g/mol. The predicted octanol–water partition coefficient (Wildman–Crippen LogP) is 1.92. The Bertz CT molecular complexity index is 196. The van der Waals surface area contributed by atoms with Crippen LogP contribution in [0.5, 0.6) is 0 Å². The minimum Gasteiger partial charge on any atom is -0.394 e. The van der Waals surface area contributed by atoms with E-state index in [0.717, 1.165) is 12.2 Å². The molecular formula is C9H19N3OS. The summed E-state index contributed by atoms with van der Waals surface area (Å²) in [5, 5.41) is 7.24. The molecule has 0 spiro atoms. The predicted molar refractivity (Wildman–Crippen MR) is 63.6 cm³/mol. The summed E-state index contributed by atoms with van der Waals surface area (Å²) in [6, 6.07) is 0. The Labute approximate surface area is 90.0 Å². The van der Waals surface area contributed by atoms with Crippen molar-refractivity contribution in [1.29, 1.82) is 0 Å². The van der Waals surface area contributed by atoms with Crippen LogP contribution in [0.15, 0.2) is 10.2 Å². The van der Waals surface area contributed by atoms with Gasteiger partial charge < -0.3 is 4.84 Å². The first-order valence-electron chi connectivity index (χ1n) is 4.60. The van der Waals surface area contributed by atoms with Crippen molar-refractivity contribution in [2.45, 2.75) is 20.3 Å². The van der Waals surface area contributed by atoms with Crippen LogP contribution < -0.4 is 5.90 Å². The molecule has 2 unspecified atom stereocenters. The zero-order chi connectivity index (χ0) is 11.0. The second kappa shape index (κ2) is 7.82. The van der Waals surface area contributed by atoms with Crippen LogP contribution in [0.3, 0.4) is 0 Å². The molecule has 4 nitrogen and oxygen atoms in total. The third kappa shape index (κ3) is 4.11. The van der Waals surface area contributed by atoms with Crippen molar-refractivity contribution in [2.75, 3.05) is 12.0 Å². The fourth-order valence-electron chi connectivity index (χ4n) is 1.45. The quantitative estimate of drug-likeness (QED) is 0.420. The van der Waals surface area contributed by atoms with Gasteiger partial charge in [0.05, 0.1) is 0 Å². The van der Waals surface area contributed by atoms with Crippen LogP contribution in [0.25, 0.3) is 0 Å². The number of nitrogens with two attached hydrogens (primary N) is 1. The lowest BCUT2D eigenvalue weighted by molar-refractivity contribution is 0.273. The van der Waals surface area contributed by atoms with Gasteiger partial charge in [0, 0.05) is 12.6 Å². The largest absolute Gasteiger partial charge is 0.394 e. The van der Waals surface area contributed by atoms with Gasteiger partial charge in [-0.05, 0) is 24.3 Å². The molecule has 2 N–H and O–H groups in total. The topological polar surface area (TPSA) is 60.0 Å². The highest BCUT2D eigenvalue weighted by Gasteiger charge is 2.22. The molecule has 2 atom stereocenters. The maximum absolute atomic E-state index is 5.14. The molecule has 0 rings (SSSR count). The average molecular weight is 217 g/mol. The van der Waals surface area contributed by atoms with Crippen molar-refractivity contribution in [3.05, 3.63) is 0 Å². The molecule has 0 aromatic rings. The van der Waals surface area contributed by atoms with Crippen LogP contribution in [0.4, 0.5) is 0 Å². The number of nitrogens with zero attached hydrogens (tertiary/aromatic N) is 2. The molecule has 0 saturated carbocycles. The standard InChI is InChI=1S/C9H19N3OS/c1-5-8(7(2)6-14-4)9(13-10)12-11-3/h7-8H,3,5-6,10H2,1-2,4H3/b12-9-. The van der Waals surface area contributed by atoms with E-state index >= 15 is 0 Å². The smallest absolute Gasteiger partial charge is 0.236 e. The van der Waals surface area contributed by atoms with Gasteiger partial charge in [-0.2, -0.15) is 22.8 Å². The molecule has 0 fully saturated rings. The van der Waals surface area contributed by atoms with E-state index in [1.807, 2.05) is 0 Å². The maximum atomic E-state index is 5.14. The lowest BCUT2D eigenvalue weighted by atomic mass is 9.93. The Hall–Kier alpha value is -0.550. The fraction of sp³-hybridized carbons (Fsp3) is 0.778. The molecular weight excluding hydrogens is 198 g/mol. The molecule has 82 valence electrons. The Morgan fingerprint density at radius 1 is 1.64 bits per heavy atom. The molecule has 0 saturated heterocycles. The molecule has 0 aliphatic carbocycles. The summed E-state index contributed by atoms with van der Waals surface area (Å²) in [6.45, 7) is 7.53. The molecule has 0 aromatic carbocycles. The van der Waals surface area contributed by atoms with Gasteiger partial charge in [-0.1, -0.05) is 13.8 Å². The average Bonchev–Trinajstić information content (AvgIpc) is 2.18. The van der Waals surface area contributed by atoms with Crippen LogP contribution in [-0.2, 0) is 4.84 Å². The molecule has 0 amide bonds. The molecule has 0 radical (unpaired) electrons. The Kier molecular flexibility index (Phi) is 7.51. The van der Waals surface area contributed by atoms with E-state index in [1.54, 1.807) is 11.8 Å². The lowest BCUT2D eigenvalue weighted by Crippen LogP contribution is -2.27. The van der Waals surface area contributed by atoms with Crippen LogP contribution in [0.2, 0.25) is 0 Å². The van der Waals surface area contributed by atoms with Gasteiger partial charge in [0.1, 0.15) is 0 Å². The summed E-state index contributed by atoms with van der Waals surface area (Å²) in [6.07, 6.45) is 3.02. The van der Waals surface area contributed by atoms with Gasteiger partial charge >= 0.3 is 0 Å². The number of thioether (sulfide) groups is 1. The van der Waals surface area contributed by atoms with Crippen molar-refractivity contribution in [2.24, 2.45) is 27.9 Å². The first kappa shape index (κ1) is 13.4. The van der Waals surface area contributed by atoms with Gasteiger partial charge in [-0.3, -0.25) is 0 Å². The Balaban J connectivity index is 4.49. The zero-order valence-corrected chi connectivity index (χ0v) is 9.88. The highest BCUT2D eigenvalue weighted by Crippen LogP contribution is 2.21. The molecule has 0 bridgehead atoms. The van der Waals surface area contributed by atoms with Gasteiger partial charge in [0.25, 0.3) is 0 Å². The first-order chi connectivity index (χ1) is 6.71. The van der Waals surface area contributed by atoms with Crippen molar-refractivity contribution < 1.29 is 4.84 Å². The van der Waals surface area contributed by atoms with E-state index in [-0.39, 0.29) is 5.92 Å². The fourth-order valence-corrected chi connectivity index (χ4v) is 2.21.